The molecule has 3 nitrogen and oxygen atoms in total. The van der Waals surface area contributed by atoms with Crippen LogP contribution in [0, 0.1) is 11.7 Å². The lowest BCUT2D eigenvalue weighted by molar-refractivity contribution is 0.107. The zero-order chi connectivity index (χ0) is 15.1. The number of halogens is 1. The standard InChI is InChI=1S/C17H27FN2O/c1-2-14-8-10-20(16(12-14)13-19)9-3-11-21-17-6-4-15(18)5-7-17/h4-7,14,16H,2-3,8-13,19H2,1H3. The van der Waals surface area contributed by atoms with Gasteiger partial charge < -0.3 is 10.5 Å². The first-order valence-corrected chi connectivity index (χ1v) is 8.05. The quantitative estimate of drug-likeness (QED) is 0.786. The fourth-order valence-corrected chi connectivity index (χ4v) is 3.08. The number of nitrogens with zero attached hydrogens (tertiary/aromatic N) is 1. The van der Waals surface area contributed by atoms with Crippen LogP contribution in [0.2, 0.25) is 0 Å². The molecule has 21 heavy (non-hydrogen) atoms. The Kier molecular flexibility index (Phi) is 6.46. The Balaban J connectivity index is 1.69. The maximum Gasteiger partial charge on any atom is 0.123 e. The van der Waals surface area contributed by atoms with Crippen LogP contribution in [0.15, 0.2) is 24.3 Å². The zero-order valence-electron chi connectivity index (χ0n) is 12.9. The summed E-state index contributed by atoms with van der Waals surface area (Å²) in [6.07, 6.45) is 4.75. The molecule has 2 atom stereocenters. The summed E-state index contributed by atoms with van der Waals surface area (Å²) in [7, 11) is 0. The number of rotatable bonds is 7. The van der Waals surface area contributed by atoms with Crippen LogP contribution in [0.3, 0.4) is 0 Å². The minimum absolute atomic E-state index is 0.230. The van der Waals surface area contributed by atoms with Crippen LogP contribution in [0.25, 0.3) is 0 Å². The Hall–Kier alpha value is -1.13. The first kappa shape index (κ1) is 16.2. The van der Waals surface area contributed by atoms with Gasteiger partial charge in [-0.2, -0.15) is 0 Å². The van der Waals surface area contributed by atoms with Gasteiger partial charge in [0.25, 0.3) is 0 Å². The molecule has 2 unspecified atom stereocenters. The molecule has 4 heteroatoms. The van der Waals surface area contributed by atoms with Gasteiger partial charge in [-0.15, -0.1) is 0 Å². The molecule has 0 aliphatic carbocycles. The molecule has 2 N–H and O–H groups in total. The zero-order valence-corrected chi connectivity index (χ0v) is 12.9. The Morgan fingerprint density at radius 2 is 2.10 bits per heavy atom. The lowest BCUT2D eigenvalue weighted by Crippen LogP contribution is -2.47. The van der Waals surface area contributed by atoms with Crippen LogP contribution in [0.5, 0.6) is 5.75 Å². The SMILES string of the molecule is CCC1CCN(CCCOc2ccc(F)cc2)C(CN)C1. The van der Waals surface area contributed by atoms with Crippen molar-refractivity contribution in [2.45, 2.75) is 38.6 Å². The third-order valence-corrected chi connectivity index (χ3v) is 4.47. The maximum atomic E-state index is 12.8. The van der Waals surface area contributed by atoms with E-state index in [1.807, 2.05) is 0 Å². The summed E-state index contributed by atoms with van der Waals surface area (Å²) < 4.78 is 18.4. The minimum atomic E-state index is -0.230. The highest BCUT2D eigenvalue weighted by molar-refractivity contribution is 5.21. The lowest BCUT2D eigenvalue weighted by Gasteiger charge is -2.38. The molecule has 1 fully saturated rings. The molecule has 1 aliphatic rings. The van der Waals surface area contributed by atoms with Gasteiger partial charge in [-0.05, 0) is 56.0 Å². The normalized spacial score (nSPS) is 23.2. The highest BCUT2D eigenvalue weighted by Gasteiger charge is 2.25. The smallest absolute Gasteiger partial charge is 0.123 e. The number of piperidine rings is 1. The summed E-state index contributed by atoms with van der Waals surface area (Å²) in [5.41, 5.74) is 5.91. The molecule has 0 spiro atoms. The largest absolute Gasteiger partial charge is 0.494 e. The Morgan fingerprint density at radius 3 is 2.76 bits per heavy atom. The van der Waals surface area contributed by atoms with Crippen LogP contribution >= 0.6 is 0 Å². The van der Waals surface area contributed by atoms with Gasteiger partial charge in [0, 0.05) is 19.1 Å². The van der Waals surface area contributed by atoms with E-state index in [0.717, 1.165) is 37.7 Å². The van der Waals surface area contributed by atoms with Crippen molar-refractivity contribution in [1.29, 1.82) is 0 Å². The highest BCUT2D eigenvalue weighted by Crippen LogP contribution is 2.24. The molecule has 0 saturated carbocycles. The molecule has 0 amide bonds. The average Bonchev–Trinajstić information content (AvgIpc) is 2.53. The number of likely N-dealkylation sites (tertiary alicyclic amines) is 1. The van der Waals surface area contributed by atoms with Crippen LogP contribution < -0.4 is 10.5 Å². The molecule has 1 heterocycles. The lowest BCUT2D eigenvalue weighted by atomic mass is 9.89. The molecule has 0 radical (unpaired) electrons. The highest BCUT2D eigenvalue weighted by atomic mass is 19.1. The van der Waals surface area contributed by atoms with Crippen molar-refractivity contribution in [3.05, 3.63) is 30.1 Å². The van der Waals surface area contributed by atoms with E-state index < -0.39 is 0 Å². The van der Waals surface area contributed by atoms with Crippen LogP contribution in [-0.4, -0.2) is 37.2 Å². The first-order chi connectivity index (χ1) is 10.2. The van der Waals surface area contributed by atoms with Crippen molar-refractivity contribution < 1.29 is 9.13 Å². The van der Waals surface area contributed by atoms with Gasteiger partial charge in [-0.1, -0.05) is 13.3 Å². The fourth-order valence-electron chi connectivity index (χ4n) is 3.08. The van der Waals surface area contributed by atoms with Crippen LogP contribution in [-0.2, 0) is 0 Å². The molecular weight excluding hydrogens is 267 g/mol. The molecule has 118 valence electrons. The van der Waals surface area contributed by atoms with Gasteiger partial charge in [0.1, 0.15) is 11.6 Å². The van der Waals surface area contributed by atoms with Crippen molar-refractivity contribution in [2.24, 2.45) is 11.7 Å². The van der Waals surface area contributed by atoms with Crippen molar-refractivity contribution in [3.8, 4) is 5.75 Å². The molecule has 1 aliphatic heterocycles. The van der Waals surface area contributed by atoms with Gasteiger partial charge in [0.05, 0.1) is 6.61 Å². The number of ether oxygens (including phenoxy) is 1. The summed E-state index contributed by atoms with van der Waals surface area (Å²) in [6.45, 7) is 5.85. The van der Waals surface area contributed by atoms with E-state index in [1.165, 1.54) is 31.4 Å². The second kappa shape index (κ2) is 8.35. The summed E-state index contributed by atoms with van der Waals surface area (Å²) in [5.74, 6) is 1.34. The number of hydrogen-bond donors (Lipinski definition) is 1. The number of hydrogen-bond acceptors (Lipinski definition) is 3. The maximum absolute atomic E-state index is 12.8. The number of nitrogens with two attached hydrogens (primary N) is 1. The molecule has 1 aromatic carbocycles. The van der Waals surface area contributed by atoms with E-state index in [-0.39, 0.29) is 5.82 Å². The molecule has 1 saturated heterocycles. The van der Waals surface area contributed by atoms with E-state index in [2.05, 4.69) is 11.8 Å². The van der Waals surface area contributed by atoms with E-state index in [4.69, 9.17) is 10.5 Å². The van der Waals surface area contributed by atoms with Gasteiger partial charge in [0.15, 0.2) is 0 Å². The average molecular weight is 294 g/mol. The number of benzene rings is 1. The van der Waals surface area contributed by atoms with Gasteiger partial charge >= 0.3 is 0 Å². The monoisotopic (exact) mass is 294 g/mol. The van der Waals surface area contributed by atoms with Crippen molar-refractivity contribution in [3.63, 3.8) is 0 Å². The van der Waals surface area contributed by atoms with E-state index >= 15 is 0 Å². The van der Waals surface area contributed by atoms with Gasteiger partial charge in [-0.3, -0.25) is 4.90 Å². The third-order valence-electron chi connectivity index (χ3n) is 4.47. The molecule has 1 aromatic rings. The van der Waals surface area contributed by atoms with E-state index in [9.17, 15) is 4.39 Å². The van der Waals surface area contributed by atoms with E-state index in [1.54, 1.807) is 12.1 Å². The molecule has 0 bridgehead atoms. The summed E-state index contributed by atoms with van der Waals surface area (Å²) in [5, 5.41) is 0. The predicted octanol–water partition coefficient (Wildman–Crippen LogP) is 3.04. The van der Waals surface area contributed by atoms with Crippen molar-refractivity contribution in [2.75, 3.05) is 26.2 Å². The van der Waals surface area contributed by atoms with Gasteiger partial charge in [0.2, 0.25) is 0 Å². The Labute approximate surface area is 127 Å². The summed E-state index contributed by atoms with van der Waals surface area (Å²) >= 11 is 0. The fraction of sp³-hybridized carbons (Fsp3) is 0.647. The Bertz CT molecular complexity index is 410. The van der Waals surface area contributed by atoms with Gasteiger partial charge in [-0.25, -0.2) is 4.39 Å². The van der Waals surface area contributed by atoms with Crippen molar-refractivity contribution >= 4 is 0 Å². The van der Waals surface area contributed by atoms with E-state index in [0.29, 0.717) is 12.6 Å². The molecule has 2 rings (SSSR count). The minimum Gasteiger partial charge on any atom is -0.494 e. The second-order valence-corrected chi connectivity index (χ2v) is 5.88. The summed E-state index contributed by atoms with van der Waals surface area (Å²) in [4.78, 5) is 2.50. The van der Waals surface area contributed by atoms with Crippen LogP contribution in [0.1, 0.15) is 32.6 Å². The molecule has 0 aromatic heterocycles. The molecular formula is C17H27FN2O. The van der Waals surface area contributed by atoms with Crippen molar-refractivity contribution in [1.82, 2.24) is 4.90 Å². The third kappa shape index (κ3) is 4.97. The van der Waals surface area contributed by atoms with Crippen LogP contribution in [0.4, 0.5) is 4.39 Å². The predicted molar refractivity (Wildman–Crippen MR) is 83.9 cm³/mol. The topological polar surface area (TPSA) is 38.5 Å². The second-order valence-electron chi connectivity index (χ2n) is 5.88. The Morgan fingerprint density at radius 1 is 1.33 bits per heavy atom. The summed E-state index contributed by atoms with van der Waals surface area (Å²) in [6, 6.07) is 6.72. The first-order valence-electron chi connectivity index (χ1n) is 8.05.